The van der Waals surface area contributed by atoms with E-state index in [-0.39, 0.29) is 0 Å². The normalized spacial score (nSPS) is 14.8. The third-order valence-electron chi connectivity index (χ3n) is 1.95. The van der Waals surface area contributed by atoms with Gasteiger partial charge in [0.1, 0.15) is 5.75 Å². The summed E-state index contributed by atoms with van der Waals surface area (Å²) in [5.41, 5.74) is 0. The van der Waals surface area contributed by atoms with Crippen LogP contribution < -0.4 is 14.2 Å². The van der Waals surface area contributed by atoms with Gasteiger partial charge in [-0.15, -0.1) is 0 Å². The maximum atomic E-state index is 5.49. The number of ether oxygens (including phenoxy) is 3. The van der Waals surface area contributed by atoms with Gasteiger partial charge in [-0.05, 0) is 12.1 Å². The Morgan fingerprint density at radius 2 is 1.92 bits per heavy atom. The molecule has 0 N–H and O–H groups in total. The van der Waals surface area contributed by atoms with E-state index in [0.29, 0.717) is 6.61 Å². The second-order valence-corrected chi connectivity index (χ2v) is 2.86. The molecule has 0 unspecified atom stereocenters. The minimum Gasteiger partial charge on any atom is -0.497 e. The zero-order valence-corrected chi connectivity index (χ0v) is 7.58. The molecule has 0 saturated carbocycles. The Morgan fingerprint density at radius 3 is 2.69 bits per heavy atom. The van der Waals surface area contributed by atoms with Crippen molar-refractivity contribution in [2.75, 3.05) is 20.3 Å². The summed E-state index contributed by atoms with van der Waals surface area (Å²) >= 11 is 0. The summed E-state index contributed by atoms with van der Waals surface area (Å²) < 4.78 is 16.0. The monoisotopic (exact) mass is 180 g/mol. The summed E-state index contributed by atoms with van der Waals surface area (Å²) in [5.74, 6) is 2.37. The van der Waals surface area contributed by atoms with E-state index >= 15 is 0 Å². The molecule has 0 aromatic heterocycles. The number of methoxy groups -OCH3 is 1. The van der Waals surface area contributed by atoms with E-state index in [2.05, 4.69) is 0 Å². The van der Waals surface area contributed by atoms with Crippen molar-refractivity contribution in [3.8, 4) is 17.2 Å². The lowest BCUT2D eigenvalue weighted by Gasteiger charge is -2.07. The molecule has 13 heavy (non-hydrogen) atoms. The topological polar surface area (TPSA) is 27.7 Å². The minimum absolute atomic E-state index is 0.708. The van der Waals surface area contributed by atoms with E-state index in [0.717, 1.165) is 30.3 Å². The van der Waals surface area contributed by atoms with Crippen molar-refractivity contribution in [1.82, 2.24) is 0 Å². The molecule has 70 valence electrons. The maximum Gasteiger partial charge on any atom is 0.164 e. The molecule has 0 radical (unpaired) electrons. The van der Waals surface area contributed by atoms with Crippen LogP contribution in [0.4, 0.5) is 0 Å². The van der Waals surface area contributed by atoms with Gasteiger partial charge in [-0.25, -0.2) is 0 Å². The van der Waals surface area contributed by atoms with E-state index in [1.54, 1.807) is 7.11 Å². The smallest absolute Gasteiger partial charge is 0.164 e. The van der Waals surface area contributed by atoms with Crippen molar-refractivity contribution in [2.45, 2.75) is 6.42 Å². The van der Waals surface area contributed by atoms with E-state index in [1.165, 1.54) is 0 Å². The van der Waals surface area contributed by atoms with Gasteiger partial charge in [0, 0.05) is 12.5 Å². The minimum atomic E-state index is 0.708. The van der Waals surface area contributed by atoms with Crippen LogP contribution in [-0.4, -0.2) is 20.3 Å². The standard InChI is InChI=1S/C10H12O3/c1-11-8-3-4-9-10(7-8)13-6-2-5-12-9/h3-4,7H,2,5-6H2,1H3. The Morgan fingerprint density at radius 1 is 1.15 bits per heavy atom. The molecule has 1 heterocycles. The molecule has 0 aliphatic carbocycles. The second-order valence-electron chi connectivity index (χ2n) is 2.86. The lowest BCUT2D eigenvalue weighted by molar-refractivity contribution is 0.296. The molecule has 1 aliphatic rings. The number of benzene rings is 1. The van der Waals surface area contributed by atoms with Crippen LogP contribution in [0.5, 0.6) is 17.2 Å². The fourth-order valence-corrected chi connectivity index (χ4v) is 1.27. The van der Waals surface area contributed by atoms with Crippen molar-refractivity contribution >= 4 is 0 Å². The van der Waals surface area contributed by atoms with Gasteiger partial charge in [-0.1, -0.05) is 0 Å². The highest BCUT2D eigenvalue weighted by atomic mass is 16.5. The highest BCUT2D eigenvalue weighted by molar-refractivity contribution is 5.45. The second kappa shape index (κ2) is 3.56. The fourth-order valence-electron chi connectivity index (χ4n) is 1.27. The van der Waals surface area contributed by atoms with Crippen LogP contribution in [0.3, 0.4) is 0 Å². The van der Waals surface area contributed by atoms with E-state index in [1.807, 2.05) is 18.2 Å². The average molecular weight is 180 g/mol. The van der Waals surface area contributed by atoms with Gasteiger partial charge < -0.3 is 14.2 Å². The number of rotatable bonds is 1. The fraction of sp³-hybridized carbons (Fsp3) is 0.400. The third-order valence-corrected chi connectivity index (χ3v) is 1.95. The van der Waals surface area contributed by atoms with Gasteiger partial charge in [-0.3, -0.25) is 0 Å². The van der Waals surface area contributed by atoms with Crippen LogP contribution in [-0.2, 0) is 0 Å². The third kappa shape index (κ3) is 1.69. The van der Waals surface area contributed by atoms with Crippen LogP contribution in [0, 0.1) is 0 Å². The molecule has 1 aromatic rings. The molecule has 0 spiro atoms. The molecule has 0 saturated heterocycles. The summed E-state index contributed by atoms with van der Waals surface area (Å²) in [6.45, 7) is 1.43. The average Bonchev–Trinajstić information content (AvgIpc) is 2.41. The van der Waals surface area contributed by atoms with Crippen molar-refractivity contribution in [1.29, 1.82) is 0 Å². The van der Waals surface area contributed by atoms with Crippen molar-refractivity contribution < 1.29 is 14.2 Å². The van der Waals surface area contributed by atoms with E-state index in [9.17, 15) is 0 Å². The zero-order valence-electron chi connectivity index (χ0n) is 7.58. The first-order valence-electron chi connectivity index (χ1n) is 4.34. The molecule has 3 heteroatoms. The van der Waals surface area contributed by atoms with Gasteiger partial charge in [0.2, 0.25) is 0 Å². The zero-order chi connectivity index (χ0) is 9.10. The highest BCUT2D eigenvalue weighted by Crippen LogP contribution is 2.32. The maximum absolute atomic E-state index is 5.49. The van der Waals surface area contributed by atoms with Crippen LogP contribution >= 0.6 is 0 Å². The summed E-state index contributed by atoms with van der Waals surface area (Å²) in [6, 6.07) is 5.59. The van der Waals surface area contributed by atoms with Crippen LogP contribution in [0.1, 0.15) is 6.42 Å². The molecule has 2 rings (SSSR count). The van der Waals surface area contributed by atoms with Crippen LogP contribution in [0.15, 0.2) is 18.2 Å². The van der Waals surface area contributed by atoms with Gasteiger partial charge in [0.05, 0.1) is 20.3 Å². The summed E-state index contributed by atoms with van der Waals surface area (Å²) in [5, 5.41) is 0. The van der Waals surface area contributed by atoms with Gasteiger partial charge >= 0.3 is 0 Å². The quantitative estimate of drug-likeness (QED) is 0.660. The molecular formula is C10H12O3. The summed E-state index contributed by atoms with van der Waals surface area (Å²) in [7, 11) is 1.64. The van der Waals surface area contributed by atoms with Crippen molar-refractivity contribution in [2.24, 2.45) is 0 Å². The van der Waals surface area contributed by atoms with Crippen molar-refractivity contribution in [3.05, 3.63) is 18.2 Å². The van der Waals surface area contributed by atoms with Gasteiger partial charge in [0.25, 0.3) is 0 Å². The van der Waals surface area contributed by atoms with Crippen LogP contribution in [0.2, 0.25) is 0 Å². The molecule has 0 bridgehead atoms. The Hall–Kier alpha value is -1.38. The van der Waals surface area contributed by atoms with E-state index < -0.39 is 0 Å². The predicted octanol–water partition coefficient (Wildman–Crippen LogP) is 1.86. The van der Waals surface area contributed by atoms with E-state index in [4.69, 9.17) is 14.2 Å². The van der Waals surface area contributed by atoms with Crippen molar-refractivity contribution in [3.63, 3.8) is 0 Å². The molecular weight excluding hydrogens is 168 g/mol. The first kappa shape index (κ1) is 8.23. The SMILES string of the molecule is COc1ccc2c(c1)OCCCO2. The molecule has 0 amide bonds. The Kier molecular flexibility index (Phi) is 2.25. The predicted molar refractivity (Wildman–Crippen MR) is 48.6 cm³/mol. The Labute approximate surface area is 77.2 Å². The molecule has 1 aromatic carbocycles. The lowest BCUT2D eigenvalue weighted by atomic mass is 10.3. The molecule has 0 atom stereocenters. The Bertz CT molecular complexity index is 296. The molecule has 1 aliphatic heterocycles. The number of fused-ring (bicyclic) bond motifs is 1. The summed E-state index contributed by atoms with van der Waals surface area (Å²) in [4.78, 5) is 0. The first-order chi connectivity index (χ1) is 6.40. The molecule has 0 fully saturated rings. The largest absolute Gasteiger partial charge is 0.497 e. The highest BCUT2D eigenvalue weighted by Gasteiger charge is 2.10. The number of hydrogen-bond acceptors (Lipinski definition) is 3. The first-order valence-corrected chi connectivity index (χ1v) is 4.34. The molecule has 3 nitrogen and oxygen atoms in total. The Balaban J connectivity index is 2.32. The van der Waals surface area contributed by atoms with Crippen LogP contribution in [0.25, 0.3) is 0 Å². The van der Waals surface area contributed by atoms with Gasteiger partial charge in [0.15, 0.2) is 11.5 Å². The number of hydrogen-bond donors (Lipinski definition) is 0. The van der Waals surface area contributed by atoms with Gasteiger partial charge in [-0.2, -0.15) is 0 Å². The lowest BCUT2D eigenvalue weighted by Crippen LogP contribution is -1.97. The summed E-state index contributed by atoms with van der Waals surface area (Å²) in [6.07, 6.45) is 0.928.